The van der Waals surface area contributed by atoms with E-state index in [0.29, 0.717) is 36.0 Å². The first-order chi connectivity index (χ1) is 12.3. The van der Waals surface area contributed by atoms with Crippen LogP contribution < -0.4 is 0 Å². The van der Waals surface area contributed by atoms with Gasteiger partial charge < -0.3 is 20.4 Å². The van der Waals surface area contributed by atoms with Crippen molar-refractivity contribution in [3.05, 3.63) is 12.0 Å². The molecular formula is C22H36O4. The summed E-state index contributed by atoms with van der Waals surface area (Å²) in [4.78, 5) is 0. The van der Waals surface area contributed by atoms with Crippen LogP contribution in [0.5, 0.6) is 0 Å². The van der Waals surface area contributed by atoms with E-state index in [0.717, 1.165) is 32.1 Å². The van der Waals surface area contributed by atoms with Crippen LogP contribution in [-0.4, -0.2) is 32.6 Å². The predicted octanol–water partition coefficient (Wildman–Crippen LogP) is 4.32. The highest BCUT2D eigenvalue weighted by Crippen LogP contribution is 2.67. The molecule has 4 fully saturated rings. The normalized spacial score (nSPS) is 53.3. The smallest absolute Gasteiger partial charge is 0.269 e. The van der Waals surface area contributed by atoms with Gasteiger partial charge in [-0.05, 0) is 104 Å². The Labute approximate surface area is 157 Å². The van der Waals surface area contributed by atoms with Crippen molar-refractivity contribution in [2.45, 2.75) is 83.8 Å². The summed E-state index contributed by atoms with van der Waals surface area (Å²) in [6.07, 6.45) is 10.2. The van der Waals surface area contributed by atoms with Gasteiger partial charge in [-0.15, -0.1) is 0 Å². The lowest BCUT2D eigenvalue weighted by Crippen LogP contribution is -2.59. The summed E-state index contributed by atoms with van der Waals surface area (Å²) in [5, 5.41) is 39.8. The average Bonchev–Trinajstić information content (AvgIpc) is 2.89. The van der Waals surface area contributed by atoms with Gasteiger partial charge in [-0.25, -0.2) is 0 Å². The Morgan fingerprint density at radius 1 is 1.00 bits per heavy atom. The molecule has 0 aliphatic heterocycles. The summed E-state index contributed by atoms with van der Waals surface area (Å²) in [7, 11) is 0. The van der Waals surface area contributed by atoms with E-state index in [-0.39, 0.29) is 23.0 Å². The maximum atomic E-state index is 11.3. The van der Waals surface area contributed by atoms with Gasteiger partial charge in [0.1, 0.15) is 0 Å². The zero-order valence-corrected chi connectivity index (χ0v) is 16.3. The first-order valence-corrected chi connectivity index (χ1v) is 10.7. The molecule has 0 saturated heterocycles. The van der Waals surface area contributed by atoms with E-state index in [1.54, 1.807) is 0 Å². The standard InChI is InChI=1S/C22H36O4/c1-21-10-9-15(23)11-14(21)3-6-16-17-7-4-13(5-8-19(25)26)22(17,2)12-18(24)20(16)21/h8,13-18,20,23-26H,3-7,9-12H2,1-2H3/t13-,14-,15-,16+,17+,18+,20-,21+,22-/m1/s1. The molecule has 4 saturated carbocycles. The van der Waals surface area contributed by atoms with E-state index in [9.17, 15) is 10.2 Å². The average molecular weight is 365 g/mol. The molecule has 0 spiro atoms. The third-order valence-corrected chi connectivity index (χ3v) is 9.35. The zero-order chi connectivity index (χ0) is 18.7. The lowest BCUT2D eigenvalue weighted by molar-refractivity contribution is -0.177. The van der Waals surface area contributed by atoms with Gasteiger partial charge in [0.05, 0.1) is 12.2 Å². The van der Waals surface area contributed by atoms with Crippen LogP contribution in [-0.2, 0) is 0 Å². The van der Waals surface area contributed by atoms with E-state index in [4.69, 9.17) is 10.2 Å². The molecule has 9 atom stereocenters. The number of allylic oxidation sites excluding steroid dienone is 1. The fourth-order valence-electron chi connectivity index (χ4n) is 8.10. The summed E-state index contributed by atoms with van der Waals surface area (Å²) in [5.41, 5.74) is 0.272. The fourth-order valence-corrected chi connectivity index (χ4v) is 8.10. The molecule has 0 aromatic rings. The Hall–Kier alpha value is -0.740. The van der Waals surface area contributed by atoms with Gasteiger partial charge >= 0.3 is 0 Å². The van der Waals surface area contributed by atoms with Crippen LogP contribution >= 0.6 is 0 Å². The second-order valence-corrected chi connectivity index (χ2v) is 10.4. The molecule has 4 heteroatoms. The van der Waals surface area contributed by atoms with Crippen molar-refractivity contribution in [3.8, 4) is 0 Å². The van der Waals surface area contributed by atoms with Crippen LogP contribution in [0.4, 0.5) is 0 Å². The highest BCUT2D eigenvalue weighted by atomic mass is 16.5. The minimum absolute atomic E-state index is 0.101. The van der Waals surface area contributed by atoms with Crippen molar-refractivity contribution in [2.24, 2.45) is 40.4 Å². The first kappa shape index (κ1) is 18.6. The number of fused-ring (bicyclic) bond motifs is 5. The maximum Gasteiger partial charge on any atom is 0.269 e. The van der Waals surface area contributed by atoms with E-state index in [1.807, 2.05) is 0 Å². The molecule has 4 aliphatic rings. The van der Waals surface area contributed by atoms with Crippen molar-refractivity contribution in [2.75, 3.05) is 0 Å². The summed E-state index contributed by atoms with van der Waals surface area (Å²) in [6.45, 7) is 4.74. The van der Waals surface area contributed by atoms with Gasteiger partial charge in [0.2, 0.25) is 0 Å². The van der Waals surface area contributed by atoms with Crippen molar-refractivity contribution in [3.63, 3.8) is 0 Å². The van der Waals surface area contributed by atoms with E-state index in [1.165, 1.54) is 25.3 Å². The number of aliphatic hydroxyl groups is 4. The van der Waals surface area contributed by atoms with E-state index >= 15 is 0 Å². The Balaban J connectivity index is 1.60. The van der Waals surface area contributed by atoms with Gasteiger partial charge in [-0.3, -0.25) is 0 Å². The van der Waals surface area contributed by atoms with Crippen LogP contribution in [0.25, 0.3) is 0 Å². The fraction of sp³-hybridized carbons (Fsp3) is 0.909. The van der Waals surface area contributed by atoms with Gasteiger partial charge in [0.15, 0.2) is 0 Å². The number of aliphatic hydroxyl groups excluding tert-OH is 3. The Morgan fingerprint density at radius 3 is 2.50 bits per heavy atom. The molecule has 0 aromatic carbocycles. The zero-order valence-electron chi connectivity index (χ0n) is 16.3. The van der Waals surface area contributed by atoms with Gasteiger partial charge in [-0.1, -0.05) is 13.8 Å². The quantitative estimate of drug-likeness (QED) is 0.550. The maximum absolute atomic E-state index is 11.3. The highest BCUT2D eigenvalue weighted by Gasteiger charge is 2.62. The van der Waals surface area contributed by atoms with Crippen molar-refractivity contribution in [1.82, 2.24) is 0 Å². The topological polar surface area (TPSA) is 80.9 Å². The third-order valence-electron chi connectivity index (χ3n) is 9.35. The lowest BCUT2D eigenvalue weighted by Gasteiger charge is -2.62. The molecule has 4 rings (SSSR count). The molecular weight excluding hydrogens is 328 g/mol. The van der Waals surface area contributed by atoms with Crippen LogP contribution in [0.1, 0.15) is 71.6 Å². The van der Waals surface area contributed by atoms with Crippen LogP contribution in [0.15, 0.2) is 12.0 Å². The number of hydrogen-bond donors (Lipinski definition) is 4. The van der Waals surface area contributed by atoms with Crippen molar-refractivity contribution < 1.29 is 20.4 Å². The number of hydrogen-bond acceptors (Lipinski definition) is 4. The minimum atomic E-state index is -0.569. The summed E-state index contributed by atoms with van der Waals surface area (Å²) in [5.74, 6) is 2.00. The van der Waals surface area contributed by atoms with Crippen LogP contribution in [0.3, 0.4) is 0 Å². The summed E-state index contributed by atoms with van der Waals surface area (Å²) in [6, 6.07) is 0. The molecule has 0 heterocycles. The Bertz CT molecular complexity index is 570. The molecule has 0 unspecified atom stereocenters. The molecule has 26 heavy (non-hydrogen) atoms. The summed E-state index contributed by atoms with van der Waals surface area (Å²) < 4.78 is 0. The molecule has 0 aromatic heterocycles. The molecule has 0 amide bonds. The molecule has 0 radical (unpaired) electrons. The van der Waals surface area contributed by atoms with Crippen LogP contribution in [0, 0.1) is 40.4 Å². The highest BCUT2D eigenvalue weighted by molar-refractivity contribution is 5.12. The molecule has 4 aliphatic carbocycles. The Kier molecular flexibility index (Phi) is 4.59. The van der Waals surface area contributed by atoms with Crippen molar-refractivity contribution in [1.29, 1.82) is 0 Å². The van der Waals surface area contributed by atoms with Crippen molar-refractivity contribution >= 4 is 0 Å². The molecule has 0 bridgehead atoms. The number of rotatable bonds is 2. The lowest BCUT2D eigenvalue weighted by atomic mass is 9.44. The predicted molar refractivity (Wildman–Crippen MR) is 101 cm³/mol. The molecule has 4 N–H and O–H groups in total. The Morgan fingerprint density at radius 2 is 1.77 bits per heavy atom. The van der Waals surface area contributed by atoms with Crippen LogP contribution in [0.2, 0.25) is 0 Å². The largest absolute Gasteiger partial charge is 0.481 e. The SMILES string of the molecule is C[C@]12CC[C@@H](O)C[C@H]1CC[C@@H]1[C@@H]2[C@@H](O)C[C@]2(C)[C@@H](CC=C(O)O)CC[C@@H]12. The third kappa shape index (κ3) is 2.71. The van der Waals surface area contributed by atoms with Gasteiger partial charge in [-0.2, -0.15) is 0 Å². The molecule has 4 nitrogen and oxygen atoms in total. The monoisotopic (exact) mass is 364 g/mol. The second kappa shape index (κ2) is 6.41. The second-order valence-electron chi connectivity index (χ2n) is 10.4. The first-order valence-electron chi connectivity index (χ1n) is 10.7. The van der Waals surface area contributed by atoms with Gasteiger partial charge in [0, 0.05) is 0 Å². The molecule has 148 valence electrons. The van der Waals surface area contributed by atoms with E-state index in [2.05, 4.69) is 13.8 Å². The van der Waals surface area contributed by atoms with Gasteiger partial charge in [0.25, 0.3) is 5.95 Å². The van der Waals surface area contributed by atoms with E-state index < -0.39 is 5.95 Å². The summed E-state index contributed by atoms with van der Waals surface area (Å²) >= 11 is 0. The minimum Gasteiger partial charge on any atom is -0.481 e.